The number of aromatic nitrogens is 3. The number of aliphatic hydroxyl groups is 1. The molecular formula is C26H31FN6O3. The van der Waals surface area contributed by atoms with Gasteiger partial charge in [0.25, 0.3) is 0 Å². The second-order valence-corrected chi connectivity index (χ2v) is 9.69. The van der Waals surface area contributed by atoms with Gasteiger partial charge < -0.3 is 30.1 Å². The van der Waals surface area contributed by atoms with Gasteiger partial charge in [0.2, 0.25) is 5.95 Å². The maximum Gasteiger partial charge on any atom is 0.227 e. The van der Waals surface area contributed by atoms with Crippen LogP contribution in [0.3, 0.4) is 0 Å². The van der Waals surface area contributed by atoms with E-state index in [0.29, 0.717) is 23.7 Å². The second-order valence-electron chi connectivity index (χ2n) is 9.69. The third kappa shape index (κ3) is 4.78. The van der Waals surface area contributed by atoms with Crippen molar-refractivity contribution in [3.8, 4) is 22.8 Å². The molecule has 0 radical (unpaired) electrons. The number of piperidine rings is 1. The smallest absolute Gasteiger partial charge is 0.227 e. The molecule has 0 bridgehead atoms. The summed E-state index contributed by atoms with van der Waals surface area (Å²) in [7, 11) is 3.60. The Morgan fingerprint density at radius 2 is 2.03 bits per heavy atom. The number of fused-ring (bicyclic) bond motifs is 1. The number of halogens is 1. The summed E-state index contributed by atoms with van der Waals surface area (Å²) in [5.74, 6) is 1.18. The average Bonchev–Trinajstić information content (AvgIpc) is 3.23. The number of hydrogen-bond acceptors (Lipinski definition) is 9. The minimum Gasteiger partial charge on any atom is -0.494 e. The molecule has 0 saturated carbocycles. The highest BCUT2D eigenvalue weighted by molar-refractivity contribution is 5.69. The molecule has 2 aliphatic rings. The lowest BCUT2D eigenvalue weighted by Crippen LogP contribution is -2.35. The molecule has 190 valence electrons. The Morgan fingerprint density at radius 3 is 2.78 bits per heavy atom. The van der Waals surface area contributed by atoms with Crippen molar-refractivity contribution in [2.24, 2.45) is 0 Å². The van der Waals surface area contributed by atoms with Crippen LogP contribution in [0.1, 0.15) is 25.3 Å². The Kier molecular flexibility index (Phi) is 6.63. The maximum absolute atomic E-state index is 15.0. The van der Waals surface area contributed by atoms with Crippen molar-refractivity contribution >= 4 is 17.5 Å². The molecule has 36 heavy (non-hydrogen) atoms. The molecule has 4 heterocycles. The predicted octanol–water partition coefficient (Wildman–Crippen LogP) is 3.58. The van der Waals surface area contributed by atoms with Crippen LogP contribution in [0.2, 0.25) is 0 Å². The zero-order valence-electron chi connectivity index (χ0n) is 20.7. The quantitative estimate of drug-likeness (QED) is 0.455. The summed E-state index contributed by atoms with van der Waals surface area (Å²) in [6.45, 7) is 4.47. The Labute approximate surface area is 209 Å². The van der Waals surface area contributed by atoms with Gasteiger partial charge in [0, 0.05) is 60.7 Å². The van der Waals surface area contributed by atoms with Crippen molar-refractivity contribution in [3.63, 3.8) is 0 Å². The molecule has 0 amide bonds. The summed E-state index contributed by atoms with van der Waals surface area (Å²) in [6, 6.07) is 6.67. The van der Waals surface area contributed by atoms with Crippen molar-refractivity contribution < 1.29 is 19.0 Å². The summed E-state index contributed by atoms with van der Waals surface area (Å²) in [5.41, 5.74) is 2.38. The van der Waals surface area contributed by atoms with Gasteiger partial charge in [-0.2, -0.15) is 0 Å². The van der Waals surface area contributed by atoms with Crippen LogP contribution < -0.4 is 20.1 Å². The number of rotatable bonds is 7. The van der Waals surface area contributed by atoms with E-state index in [1.54, 1.807) is 24.5 Å². The number of methoxy groups -OCH3 is 1. The molecular weight excluding hydrogens is 463 g/mol. The van der Waals surface area contributed by atoms with Crippen LogP contribution in [-0.4, -0.2) is 71.5 Å². The molecule has 1 fully saturated rings. The number of ether oxygens (including phenoxy) is 2. The molecule has 10 heteroatoms. The number of likely N-dealkylation sites (tertiary alicyclic amines) is 1. The van der Waals surface area contributed by atoms with Crippen LogP contribution >= 0.6 is 0 Å². The monoisotopic (exact) mass is 494 g/mol. The number of aliphatic hydroxyl groups excluding tert-OH is 1. The lowest BCUT2D eigenvalue weighted by Gasteiger charge is -2.29. The standard InChI is InChI=1S/C26H31FN6O3/c1-26(15-34)14-30-24-18(26)10-16(13-29-24)20-4-7-28-25(31-20)32-21-11-19(27)22(12-23(21)35-3)36-17-5-8-33(2)9-6-17/h4,7,10-13,17,34H,5-6,8-9,14-15H2,1-3H3,(H,29,30)(H,28,31,32). The molecule has 1 atom stereocenters. The largest absolute Gasteiger partial charge is 0.494 e. The molecule has 5 rings (SSSR count). The number of pyridine rings is 1. The molecule has 9 nitrogen and oxygen atoms in total. The van der Waals surface area contributed by atoms with Crippen LogP contribution in [0.25, 0.3) is 11.3 Å². The highest BCUT2D eigenvalue weighted by Gasteiger charge is 2.35. The maximum atomic E-state index is 15.0. The Balaban J connectivity index is 1.37. The van der Waals surface area contributed by atoms with Crippen molar-refractivity contribution in [3.05, 3.63) is 48.0 Å². The topological polar surface area (TPSA) is 105 Å². The van der Waals surface area contributed by atoms with Crippen molar-refractivity contribution in [1.82, 2.24) is 19.9 Å². The molecule has 2 aliphatic heterocycles. The fourth-order valence-electron chi connectivity index (χ4n) is 4.59. The number of nitrogens with zero attached hydrogens (tertiary/aromatic N) is 4. The first-order valence-electron chi connectivity index (χ1n) is 12.1. The molecule has 2 aromatic heterocycles. The third-order valence-corrected chi connectivity index (χ3v) is 6.94. The van der Waals surface area contributed by atoms with Gasteiger partial charge in [-0.1, -0.05) is 6.92 Å². The lowest BCUT2D eigenvalue weighted by molar-refractivity contribution is 0.110. The lowest BCUT2D eigenvalue weighted by atomic mass is 9.85. The van der Waals surface area contributed by atoms with E-state index in [0.717, 1.165) is 42.9 Å². The van der Waals surface area contributed by atoms with Crippen LogP contribution in [0, 0.1) is 5.82 Å². The SMILES string of the molecule is COc1cc(OC2CCN(C)CC2)c(F)cc1Nc1nccc(-c2cnc3c(c2)C(C)(CO)CN3)n1. The van der Waals surface area contributed by atoms with E-state index in [2.05, 4.69) is 37.5 Å². The van der Waals surface area contributed by atoms with Crippen LogP contribution in [0.15, 0.2) is 36.7 Å². The van der Waals surface area contributed by atoms with Gasteiger partial charge in [-0.05, 0) is 32.0 Å². The van der Waals surface area contributed by atoms with Crippen molar-refractivity contribution in [1.29, 1.82) is 0 Å². The van der Waals surface area contributed by atoms with E-state index in [1.165, 1.54) is 13.2 Å². The van der Waals surface area contributed by atoms with Gasteiger partial charge in [0.05, 0.1) is 25.1 Å². The molecule has 3 N–H and O–H groups in total. The van der Waals surface area contributed by atoms with Crippen molar-refractivity contribution in [2.75, 3.05) is 51.0 Å². The molecule has 0 spiro atoms. The first-order valence-corrected chi connectivity index (χ1v) is 12.1. The molecule has 3 aromatic rings. The van der Waals surface area contributed by atoms with Crippen LogP contribution in [0.4, 0.5) is 21.8 Å². The second kappa shape index (κ2) is 9.87. The van der Waals surface area contributed by atoms with E-state index in [4.69, 9.17) is 9.47 Å². The third-order valence-electron chi connectivity index (χ3n) is 6.94. The fourth-order valence-corrected chi connectivity index (χ4v) is 4.59. The summed E-state index contributed by atoms with van der Waals surface area (Å²) < 4.78 is 26.4. The first kappa shape index (κ1) is 24.2. The van der Waals surface area contributed by atoms with Crippen LogP contribution in [-0.2, 0) is 5.41 Å². The average molecular weight is 495 g/mol. The molecule has 1 aromatic carbocycles. The highest BCUT2D eigenvalue weighted by Crippen LogP contribution is 2.38. The van der Waals surface area contributed by atoms with Gasteiger partial charge >= 0.3 is 0 Å². The summed E-state index contributed by atoms with van der Waals surface area (Å²) in [5, 5.41) is 16.2. The van der Waals surface area contributed by atoms with E-state index in [1.807, 2.05) is 13.0 Å². The van der Waals surface area contributed by atoms with Gasteiger partial charge in [-0.3, -0.25) is 0 Å². The molecule has 1 unspecified atom stereocenters. The Bertz CT molecular complexity index is 1250. The normalized spacial score (nSPS) is 20.0. The Hall–Kier alpha value is -3.50. The van der Waals surface area contributed by atoms with Gasteiger partial charge in [-0.25, -0.2) is 19.3 Å². The number of anilines is 3. The van der Waals surface area contributed by atoms with Gasteiger partial charge in [0.1, 0.15) is 17.7 Å². The van der Waals surface area contributed by atoms with E-state index in [-0.39, 0.29) is 24.4 Å². The van der Waals surface area contributed by atoms with Crippen molar-refractivity contribution in [2.45, 2.75) is 31.3 Å². The highest BCUT2D eigenvalue weighted by atomic mass is 19.1. The van der Waals surface area contributed by atoms with E-state index < -0.39 is 11.2 Å². The summed E-state index contributed by atoms with van der Waals surface area (Å²) >= 11 is 0. The van der Waals surface area contributed by atoms with E-state index >= 15 is 0 Å². The number of nitrogens with one attached hydrogen (secondary N) is 2. The first-order chi connectivity index (χ1) is 17.4. The number of benzene rings is 1. The minimum absolute atomic E-state index is 0.0115. The Morgan fingerprint density at radius 1 is 1.22 bits per heavy atom. The fraction of sp³-hybridized carbons (Fsp3) is 0.423. The summed E-state index contributed by atoms with van der Waals surface area (Å²) in [6.07, 6.45) is 5.04. The molecule has 1 saturated heterocycles. The molecule has 0 aliphatic carbocycles. The number of hydrogen-bond donors (Lipinski definition) is 3. The summed E-state index contributed by atoms with van der Waals surface area (Å²) in [4.78, 5) is 15.6. The minimum atomic E-state index is -0.480. The zero-order chi connectivity index (χ0) is 25.3. The van der Waals surface area contributed by atoms with Crippen LogP contribution in [0.5, 0.6) is 11.5 Å². The van der Waals surface area contributed by atoms with Gasteiger partial charge in [0.15, 0.2) is 11.6 Å². The van der Waals surface area contributed by atoms with Gasteiger partial charge in [-0.15, -0.1) is 0 Å². The predicted molar refractivity (Wildman–Crippen MR) is 136 cm³/mol. The van der Waals surface area contributed by atoms with E-state index in [9.17, 15) is 9.50 Å². The zero-order valence-corrected chi connectivity index (χ0v) is 20.7.